The third kappa shape index (κ3) is 4.97. The van der Waals surface area contributed by atoms with Crippen molar-refractivity contribution < 1.29 is 39.3 Å². The number of hydrogen-bond donors (Lipinski definition) is 0. The van der Waals surface area contributed by atoms with Gasteiger partial charge in [-0.15, -0.1) is 5.26 Å². The van der Waals surface area contributed by atoms with Crippen LogP contribution in [0.4, 0.5) is 0 Å². The first kappa shape index (κ1) is 20.7. The second kappa shape index (κ2) is 9.91. The first-order valence-electron chi connectivity index (χ1n) is 9.15. The Balaban J connectivity index is 0.00000182. The molecule has 0 radical (unpaired) electrons. The van der Waals surface area contributed by atoms with Gasteiger partial charge in [-0.3, -0.25) is 4.79 Å². The van der Waals surface area contributed by atoms with Gasteiger partial charge in [0.1, 0.15) is 0 Å². The molecular weight excluding hydrogens is 325 g/mol. The zero-order chi connectivity index (χ0) is 17.6. The number of esters is 1. The van der Waals surface area contributed by atoms with Gasteiger partial charge in [0.25, 0.3) is 6.26 Å². The van der Waals surface area contributed by atoms with Gasteiger partial charge in [0.05, 0.1) is 19.1 Å². The molecule has 5 nitrogen and oxygen atoms in total. The average molecular weight is 351 g/mol. The van der Waals surface area contributed by atoms with Crippen LogP contribution in [-0.2, 0) is 9.53 Å². The number of carbonyl (C=O) groups excluding carboxylic acids is 1. The van der Waals surface area contributed by atoms with Crippen molar-refractivity contribution in [3.8, 4) is 17.8 Å². The van der Waals surface area contributed by atoms with Crippen molar-refractivity contribution in [2.75, 3.05) is 7.11 Å². The summed E-state index contributed by atoms with van der Waals surface area (Å²) < 4.78 is 16.1. The molecule has 0 N–H and O–H groups in total. The summed E-state index contributed by atoms with van der Waals surface area (Å²) in [5.41, 5.74) is 1.24. The number of carbonyl (C=O) groups is 1. The third-order valence-electron chi connectivity index (χ3n) is 5.46. The summed E-state index contributed by atoms with van der Waals surface area (Å²) in [5.74, 6) is 1.48. The Kier molecular flexibility index (Phi) is 7.88. The van der Waals surface area contributed by atoms with Crippen LogP contribution in [0.3, 0.4) is 0 Å². The fourth-order valence-corrected chi connectivity index (χ4v) is 4.02. The summed E-state index contributed by atoms with van der Waals surface area (Å²) >= 11 is 0. The molecule has 0 heterocycles. The number of rotatable bonds is 5. The van der Waals surface area contributed by atoms with Gasteiger partial charge in [-0.1, -0.05) is 6.07 Å². The van der Waals surface area contributed by atoms with Gasteiger partial charge >= 0.3 is 24.8 Å². The molecule has 3 rings (SSSR count). The maximum Gasteiger partial charge on any atom is 1.00 e. The molecule has 0 aliphatic heterocycles. The van der Waals surface area contributed by atoms with Gasteiger partial charge in [0.15, 0.2) is 11.5 Å². The van der Waals surface area contributed by atoms with Crippen molar-refractivity contribution in [2.45, 2.75) is 63.4 Å². The van der Waals surface area contributed by atoms with E-state index in [1.54, 1.807) is 7.11 Å². The second-order valence-electron chi connectivity index (χ2n) is 7.00. The SMILES string of the molecule is COc1ccc(C2CCC(C(=O)OC#N)CC2)cc1OC1CCCC1.[H-].[Li+]. The van der Waals surface area contributed by atoms with E-state index < -0.39 is 0 Å². The molecule has 1 aromatic rings. The van der Waals surface area contributed by atoms with E-state index in [4.69, 9.17) is 14.7 Å². The van der Waals surface area contributed by atoms with Crippen molar-refractivity contribution in [3.63, 3.8) is 0 Å². The smallest absolute Gasteiger partial charge is 1.00 e. The second-order valence-corrected chi connectivity index (χ2v) is 7.00. The van der Waals surface area contributed by atoms with Crippen LogP contribution in [0.5, 0.6) is 11.5 Å². The van der Waals surface area contributed by atoms with Crippen molar-refractivity contribution in [2.24, 2.45) is 5.92 Å². The molecule has 0 amide bonds. The Morgan fingerprint density at radius 1 is 1.12 bits per heavy atom. The minimum atomic E-state index is -0.388. The summed E-state index contributed by atoms with van der Waals surface area (Å²) in [6.45, 7) is 0. The van der Waals surface area contributed by atoms with Crippen LogP contribution < -0.4 is 28.3 Å². The van der Waals surface area contributed by atoms with E-state index in [0.29, 0.717) is 12.0 Å². The predicted molar refractivity (Wildman–Crippen MR) is 93.4 cm³/mol. The largest absolute Gasteiger partial charge is 1.00 e. The monoisotopic (exact) mass is 351 g/mol. The van der Waals surface area contributed by atoms with Crippen LogP contribution in [0.25, 0.3) is 0 Å². The number of nitrogens with zero attached hydrogens (tertiary/aromatic N) is 1. The quantitative estimate of drug-likeness (QED) is 0.456. The number of ether oxygens (including phenoxy) is 3. The van der Waals surface area contributed by atoms with E-state index in [-0.39, 0.29) is 32.2 Å². The molecule has 0 aromatic heterocycles. The summed E-state index contributed by atoms with van der Waals surface area (Å²) in [6.07, 6.45) is 9.81. The maximum atomic E-state index is 11.7. The van der Waals surface area contributed by atoms with Gasteiger partial charge in [-0.2, -0.15) is 0 Å². The van der Waals surface area contributed by atoms with Crippen molar-refractivity contribution in [3.05, 3.63) is 23.8 Å². The first-order chi connectivity index (χ1) is 12.2. The van der Waals surface area contributed by atoms with Crippen molar-refractivity contribution in [1.29, 1.82) is 5.26 Å². The van der Waals surface area contributed by atoms with Gasteiger partial charge in [0, 0.05) is 0 Å². The van der Waals surface area contributed by atoms with Crippen LogP contribution in [0.2, 0.25) is 0 Å². The fourth-order valence-electron chi connectivity index (χ4n) is 4.02. The summed E-state index contributed by atoms with van der Waals surface area (Å²) in [7, 11) is 1.67. The molecule has 6 heteroatoms. The van der Waals surface area contributed by atoms with E-state index in [1.807, 2.05) is 6.07 Å². The van der Waals surface area contributed by atoms with E-state index in [2.05, 4.69) is 16.9 Å². The average Bonchev–Trinajstić information content (AvgIpc) is 3.15. The van der Waals surface area contributed by atoms with E-state index in [0.717, 1.165) is 50.0 Å². The minimum Gasteiger partial charge on any atom is -1.00 e. The van der Waals surface area contributed by atoms with Gasteiger partial charge in [-0.05, 0) is 75.0 Å². The predicted octanol–water partition coefficient (Wildman–Crippen LogP) is 1.43. The molecule has 0 spiro atoms. The zero-order valence-corrected chi connectivity index (χ0v) is 15.7. The number of hydrogen-bond acceptors (Lipinski definition) is 5. The molecule has 2 saturated carbocycles. The van der Waals surface area contributed by atoms with Crippen LogP contribution in [0.1, 0.15) is 64.3 Å². The molecular formula is C20H26LiNO4. The Morgan fingerprint density at radius 2 is 1.81 bits per heavy atom. The van der Waals surface area contributed by atoms with Gasteiger partial charge in [0.2, 0.25) is 0 Å². The standard InChI is InChI=1S/C20H25NO4.Li.H/c1-23-18-11-10-16(12-19(18)25-17-4-2-3-5-17)14-6-8-15(9-7-14)20(22)24-13-21;;/h10-12,14-15,17H,2-9H2,1H3;;/q;+1;-1. The number of benzene rings is 1. The van der Waals surface area contributed by atoms with Crippen LogP contribution in [0.15, 0.2) is 18.2 Å². The van der Waals surface area contributed by atoms with Gasteiger partial charge < -0.3 is 15.6 Å². The Labute approximate surface area is 168 Å². The van der Waals surface area contributed by atoms with Crippen LogP contribution >= 0.6 is 0 Å². The third-order valence-corrected chi connectivity index (χ3v) is 5.46. The summed E-state index contributed by atoms with van der Waals surface area (Å²) in [6, 6.07) is 6.18. The van der Waals surface area contributed by atoms with Crippen molar-refractivity contribution >= 4 is 5.97 Å². The van der Waals surface area contributed by atoms with E-state index in [1.165, 1.54) is 24.7 Å². The molecule has 1 aromatic carbocycles. The Morgan fingerprint density at radius 3 is 2.42 bits per heavy atom. The van der Waals surface area contributed by atoms with Crippen molar-refractivity contribution in [1.82, 2.24) is 0 Å². The molecule has 2 aliphatic rings. The minimum absolute atomic E-state index is 0. The molecule has 136 valence electrons. The fraction of sp³-hybridized carbons (Fsp3) is 0.600. The van der Waals surface area contributed by atoms with Crippen LogP contribution in [0, 0.1) is 17.4 Å². The first-order valence-corrected chi connectivity index (χ1v) is 9.15. The van der Waals surface area contributed by atoms with E-state index in [9.17, 15) is 4.79 Å². The molecule has 0 bridgehead atoms. The van der Waals surface area contributed by atoms with Crippen LogP contribution in [-0.4, -0.2) is 19.2 Å². The summed E-state index contributed by atoms with van der Waals surface area (Å²) in [5, 5.41) is 8.48. The topological polar surface area (TPSA) is 68.5 Å². The molecule has 0 atom stereocenters. The molecule has 2 aliphatic carbocycles. The Bertz CT molecular complexity index is 650. The number of methoxy groups -OCH3 is 1. The van der Waals surface area contributed by atoms with E-state index >= 15 is 0 Å². The maximum absolute atomic E-state index is 11.7. The molecule has 0 unspecified atom stereocenters. The zero-order valence-electron chi connectivity index (χ0n) is 16.7. The van der Waals surface area contributed by atoms with Gasteiger partial charge in [-0.25, -0.2) is 0 Å². The molecule has 0 saturated heterocycles. The number of nitriles is 1. The molecule has 2 fully saturated rings. The normalized spacial score (nSPS) is 22.8. The Hall–Kier alpha value is -1.62. The molecule has 26 heavy (non-hydrogen) atoms. The summed E-state index contributed by atoms with van der Waals surface area (Å²) in [4.78, 5) is 11.7.